The van der Waals surface area contributed by atoms with Gasteiger partial charge in [-0.2, -0.15) is 0 Å². The molecule has 4 heteroatoms. The monoisotopic (exact) mass is 214 g/mol. The van der Waals surface area contributed by atoms with Crippen molar-refractivity contribution in [1.29, 1.82) is 0 Å². The van der Waals surface area contributed by atoms with Gasteiger partial charge in [0, 0.05) is 5.56 Å². The van der Waals surface area contributed by atoms with Gasteiger partial charge in [-0.25, -0.2) is 4.79 Å². The number of carbonyl (C=O) groups is 1. The molecule has 0 spiro atoms. The van der Waals surface area contributed by atoms with Crippen LogP contribution in [0.5, 0.6) is 5.75 Å². The Balaban J connectivity index is 2.70. The molecule has 0 aliphatic heterocycles. The highest BCUT2D eigenvalue weighted by atomic mass is 35.5. The summed E-state index contributed by atoms with van der Waals surface area (Å²) < 4.78 is 9.57. The summed E-state index contributed by atoms with van der Waals surface area (Å²) in [6, 6.07) is 7.07. The van der Waals surface area contributed by atoms with Gasteiger partial charge in [-0.3, -0.25) is 0 Å². The predicted octanol–water partition coefficient (Wildman–Crippen LogP) is 2.96. The van der Waals surface area contributed by atoms with Crippen LogP contribution in [0.1, 0.15) is 12.5 Å². The van der Waals surface area contributed by atoms with Gasteiger partial charge in [0.2, 0.25) is 0 Å². The predicted molar refractivity (Wildman–Crippen MR) is 53.6 cm³/mol. The molecule has 0 saturated heterocycles. The molecule has 0 heterocycles. The quantitative estimate of drug-likeness (QED) is 0.441. The fourth-order valence-electron chi connectivity index (χ4n) is 0.951. The minimum atomic E-state index is -0.704. The van der Waals surface area contributed by atoms with E-state index in [1.54, 1.807) is 25.1 Å². The van der Waals surface area contributed by atoms with Crippen LogP contribution in [0.2, 0.25) is 0 Å². The van der Waals surface area contributed by atoms with Crippen molar-refractivity contribution in [3.05, 3.63) is 29.8 Å². The summed E-state index contributed by atoms with van der Waals surface area (Å²) in [5.41, 5.74) is 0.766. The summed E-state index contributed by atoms with van der Waals surface area (Å²) in [7, 11) is 0. The first kappa shape index (κ1) is 10.9. The summed E-state index contributed by atoms with van der Waals surface area (Å²) in [6.45, 7) is 2.01. The van der Waals surface area contributed by atoms with Gasteiger partial charge in [0.1, 0.15) is 5.75 Å². The molecule has 0 fully saturated rings. The van der Waals surface area contributed by atoms with Crippen LogP contribution in [0.25, 0.3) is 0 Å². The molecular weight excluding hydrogens is 204 g/mol. The number of halogens is 1. The fraction of sp³-hybridized carbons (Fsp3) is 0.300. The molecule has 0 aromatic heterocycles. The average molecular weight is 215 g/mol. The molecule has 0 bridgehead atoms. The number of benzene rings is 1. The highest BCUT2D eigenvalue weighted by molar-refractivity contribution is 6.17. The second kappa shape index (κ2) is 5.50. The lowest BCUT2D eigenvalue weighted by molar-refractivity contribution is 0.104. The molecule has 0 radical (unpaired) electrons. The molecule has 0 unspecified atom stereocenters. The summed E-state index contributed by atoms with van der Waals surface area (Å²) in [5, 5.41) is 0. The van der Waals surface area contributed by atoms with Gasteiger partial charge in [-0.05, 0) is 13.0 Å². The van der Waals surface area contributed by atoms with Crippen LogP contribution in [0.3, 0.4) is 0 Å². The van der Waals surface area contributed by atoms with E-state index in [9.17, 15) is 4.79 Å². The molecule has 14 heavy (non-hydrogen) atoms. The number of ether oxygens (including phenoxy) is 2. The number of hydrogen-bond donors (Lipinski definition) is 0. The van der Waals surface area contributed by atoms with Crippen molar-refractivity contribution in [3.63, 3.8) is 0 Å². The van der Waals surface area contributed by atoms with Crippen molar-refractivity contribution in [2.24, 2.45) is 0 Å². The molecule has 1 rings (SSSR count). The Morgan fingerprint density at radius 1 is 1.43 bits per heavy atom. The summed E-state index contributed by atoms with van der Waals surface area (Å²) >= 11 is 5.66. The molecule has 0 aliphatic carbocycles. The molecule has 0 atom stereocenters. The van der Waals surface area contributed by atoms with Crippen molar-refractivity contribution in [2.75, 3.05) is 6.61 Å². The number of alkyl halides is 1. The van der Waals surface area contributed by atoms with Crippen LogP contribution in [-0.2, 0) is 10.6 Å². The van der Waals surface area contributed by atoms with E-state index in [0.29, 0.717) is 18.2 Å². The first-order valence-corrected chi connectivity index (χ1v) is 4.79. The molecule has 0 saturated carbocycles. The first-order valence-electron chi connectivity index (χ1n) is 4.26. The maximum atomic E-state index is 11.0. The Labute approximate surface area is 87.6 Å². The second-order valence-corrected chi connectivity index (χ2v) is 2.79. The Bertz CT molecular complexity index is 312. The lowest BCUT2D eigenvalue weighted by Crippen LogP contribution is -2.10. The first-order chi connectivity index (χ1) is 6.77. The van der Waals surface area contributed by atoms with Crippen LogP contribution < -0.4 is 4.74 Å². The maximum Gasteiger partial charge on any atom is 0.513 e. The van der Waals surface area contributed by atoms with Crippen molar-refractivity contribution in [1.82, 2.24) is 0 Å². The molecule has 0 amide bonds. The van der Waals surface area contributed by atoms with Gasteiger partial charge < -0.3 is 9.47 Å². The van der Waals surface area contributed by atoms with E-state index in [2.05, 4.69) is 4.74 Å². The molecule has 76 valence electrons. The Hall–Kier alpha value is -1.22. The van der Waals surface area contributed by atoms with Crippen molar-refractivity contribution in [2.45, 2.75) is 12.8 Å². The van der Waals surface area contributed by atoms with Crippen molar-refractivity contribution in [3.8, 4) is 5.75 Å². The van der Waals surface area contributed by atoms with Crippen LogP contribution in [-0.4, -0.2) is 12.8 Å². The lowest BCUT2D eigenvalue weighted by Gasteiger charge is -2.06. The van der Waals surface area contributed by atoms with E-state index in [0.717, 1.165) is 5.56 Å². The smallest absolute Gasteiger partial charge is 0.434 e. The van der Waals surface area contributed by atoms with Crippen LogP contribution >= 0.6 is 11.6 Å². The number of hydrogen-bond acceptors (Lipinski definition) is 3. The third kappa shape index (κ3) is 2.92. The standard InChI is InChI=1S/C10H11ClO3/c1-2-13-10(12)14-9-6-4-3-5-8(9)7-11/h3-6H,2,7H2,1H3. The maximum absolute atomic E-state index is 11.0. The third-order valence-electron chi connectivity index (χ3n) is 1.57. The largest absolute Gasteiger partial charge is 0.513 e. The second-order valence-electron chi connectivity index (χ2n) is 2.53. The van der Waals surface area contributed by atoms with E-state index in [1.807, 2.05) is 6.07 Å². The molecule has 0 aliphatic rings. The van der Waals surface area contributed by atoms with Gasteiger partial charge in [0.25, 0.3) is 0 Å². The molecule has 1 aromatic carbocycles. The van der Waals surface area contributed by atoms with Gasteiger partial charge in [0.15, 0.2) is 0 Å². The van der Waals surface area contributed by atoms with E-state index in [1.165, 1.54) is 0 Å². The zero-order valence-corrected chi connectivity index (χ0v) is 8.58. The average Bonchev–Trinajstić information content (AvgIpc) is 2.19. The summed E-state index contributed by atoms with van der Waals surface area (Å²) in [5.74, 6) is 0.746. The Kier molecular flexibility index (Phi) is 4.26. The van der Waals surface area contributed by atoms with Gasteiger partial charge in [-0.15, -0.1) is 11.6 Å². The van der Waals surface area contributed by atoms with Crippen LogP contribution in [0.15, 0.2) is 24.3 Å². The van der Waals surface area contributed by atoms with Crippen molar-refractivity contribution >= 4 is 17.8 Å². The van der Waals surface area contributed by atoms with Crippen molar-refractivity contribution < 1.29 is 14.3 Å². The third-order valence-corrected chi connectivity index (χ3v) is 1.86. The SMILES string of the molecule is CCOC(=O)Oc1ccccc1CCl. The van der Waals surface area contributed by atoms with Gasteiger partial charge in [0.05, 0.1) is 12.5 Å². The number of rotatable bonds is 3. The Morgan fingerprint density at radius 2 is 2.14 bits per heavy atom. The normalized spacial score (nSPS) is 9.57. The topological polar surface area (TPSA) is 35.5 Å². The van der Waals surface area contributed by atoms with Crippen LogP contribution in [0, 0.1) is 0 Å². The van der Waals surface area contributed by atoms with Gasteiger partial charge >= 0.3 is 6.16 Å². The minimum absolute atomic E-state index is 0.294. The highest BCUT2D eigenvalue weighted by Crippen LogP contribution is 2.19. The van der Waals surface area contributed by atoms with Crippen LogP contribution in [0.4, 0.5) is 4.79 Å². The van der Waals surface area contributed by atoms with E-state index in [-0.39, 0.29) is 0 Å². The summed E-state index contributed by atoms with van der Waals surface area (Å²) in [6.07, 6.45) is -0.704. The molecule has 0 N–H and O–H groups in total. The van der Waals surface area contributed by atoms with E-state index in [4.69, 9.17) is 16.3 Å². The lowest BCUT2D eigenvalue weighted by atomic mass is 10.2. The Morgan fingerprint density at radius 3 is 2.79 bits per heavy atom. The fourth-order valence-corrected chi connectivity index (χ4v) is 1.17. The zero-order valence-electron chi connectivity index (χ0n) is 7.83. The summed E-state index contributed by atoms with van der Waals surface area (Å²) in [4.78, 5) is 11.0. The zero-order chi connectivity index (χ0) is 10.4. The molecular formula is C10H11ClO3. The van der Waals surface area contributed by atoms with Gasteiger partial charge in [-0.1, -0.05) is 18.2 Å². The van der Waals surface area contributed by atoms with E-state index < -0.39 is 6.16 Å². The minimum Gasteiger partial charge on any atom is -0.434 e. The molecule has 3 nitrogen and oxygen atoms in total. The molecule has 1 aromatic rings. The number of carbonyl (C=O) groups excluding carboxylic acids is 1. The highest BCUT2D eigenvalue weighted by Gasteiger charge is 2.07. The number of para-hydroxylation sites is 1. The van der Waals surface area contributed by atoms with E-state index >= 15 is 0 Å².